The van der Waals surface area contributed by atoms with Gasteiger partial charge in [-0.25, -0.2) is 9.63 Å². The number of nitrogens with one attached hydrogen (secondary N) is 2. The van der Waals surface area contributed by atoms with E-state index in [1.54, 1.807) is 27.7 Å². The van der Waals surface area contributed by atoms with Gasteiger partial charge in [-0.3, -0.25) is 9.59 Å². The van der Waals surface area contributed by atoms with Gasteiger partial charge in [-0.15, -0.1) is 0 Å². The van der Waals surface area contributed by atoms with Gasteiger partial charge in [0.25, 0.3) is 0 Å². The second-order valence-electron chi connectivity index (χ2n) is 7.44. The number of hydrogen-bond donors (Lipinski definition) is 2. The van der Waals surface area contributed by atoms with Crippen molar-refractivity contribution >= 4 is 29.4 Å². The van der Waals surface area contributed by atoms with Crippen LogP contribution in [0.5, 0.6) is 0 Å². The van der Waals surface area contributed by atoms with Gasteiger partial charge in [0.2, 0.25) is 0 Å². The number of carbonyl (C=O) groups is 3. The Kier molecular flexibility index (Phi) is 6.82. The monoisotopic (exact) mass is 360 g/mol. The van der Waals surface area contributed by atoms with Crippen LogP contribution in [-0.4, -0.2) is 34.3 Å². The van der Waals surface area contributed by atoms with Crippen LogP contribution in [0.15, 0.2) is 0 Å². The van der Waals surface area contributed by atoms with Crippen LogP contribution in [0.1, 0.15) is 73.1 Å². The van der Waals surface area contributed by atoms with Crippen molar-refractivity contribution in [3.05, 3.63) is 0 Å². The van der Waals surface area contributed by atoms with Crippen molar-refractivity contribution in [1.29, 1.82) is 0 Å². The Bertz CT molecular complexity index is 491. The lowest BCUT2D eigenvalue weighted by atomic mass is 10.1. The zero-order valence-corrected chi connectivity index (χ0v) is 16.0. The predicted molar refractivity (Wildman–Crippen MR) is 92.9 cm³/mol. The molecule has 2 rings (SSSR count). The Morgan fingerprint density at radius 2 is 1.38 bits per heavy atom. The van der Waals surface area contributed by atoms with E-state index in [2.05, 4.69) is 10.2 Å². The van der Waals surface area contributed by atoms with Crippen LogP contribution in [-0.2, 0) is 14.3 Å². The lowest BCUT2D eigenvalue weighted by molar-refractivity contribution is -0.122. The fourth-order valence-electron chi connectivity index (χ4n) is 2.33. The third-order valence-corrected chi connectivity index (χ3v) is 4.49. The molecule has 6 nitrogen and oxygen atoms in total. The van der Waals surface area contributed by atoms with E-state index in [9.17, 15) is 14.4 Å². The van der Waals surface area contributed by atoms with E-state index in [0.717, 1.165) is 25.7 Å². The molecule has 24 heavy (non-hydrogen) atoms. The molecule has 2 aliphatic carbocycles. The summed E-state index contributed by atoms with van der Waals surface area (Å²) < 4.78 is 5.11. The second-order valence-corrected chi connectivity index (χ2v) is 7.63. The minimum absolute atomic E-state index is 0.0911. The van der Waals surface area contributed by atoms with E-state index in [4.69, 9.17) is 16.5 Å². The van der Waals surface area contributed by atoms with E-state index in [1.807, 2.05) is 6.92 Å². The first-order valence-electron chi connectivity index (χ1n) is 8.50. The summed E-state index contributed by atoms with van der Waals surface area (Å²) in [5.74, 6) is 0.325. The van der Waals surface area contributed by atoms with Crippen LogP contribution >= 0.6 is 11.8 Å². The Hall–Kier alpha value is -1.14. The molecule has 7 heteroatoms. The molecule has 2 N–H and O–H groups in total. The van der Waals surface area contributed by atoms with Crippen LogP contribution in [0, 0.1) is 0 Å². The molecule has 0 aromatic carbocycles. The van der Waals surface area contributed by atoms with Gasteiger partial charge < -0.3 is 10.1 Å². The normalized spacial score (nSPS) is 19.4. The summed E-state index contributed by atoms with van der Waals surface area (Å²) in [6.45, 7) is 9.06. The summed E-state index contributed by atoms with van der Waals surface area (Å²) in [6, 6.07) is 0. The molecule has 0 aliphatic heterocycles. The van der Waals surface area contributed by atoms with E-state index < -0.39 is 17.2 Å². The van der Waals surface area contributed by atoms with Crippen molar-refractivity contribution < 1.29 is 19.1 Å². The van der Waals surface area contributed by atoms with Crippen LogP contribution < -0.4 is 10.2 Å². The average molecular weight is 361 g/mol. The first-order valence-corrected chi connectivity index (χ1v) is 8.87. The van der Waals surface area contributed by atoms with Crippen molar-refractivity contribution in [2.75, 3.05) is 0 Å². The SMILES string of the molecule is CCC(=O)C1(NC(=O)OC(C)(C)C)CC1.CCC(=O)C1(NCl)CC1. The lowest BCUT2D eigenvalue weighted by Crippen LogP contribution is -2.45. The molecule has 0 heterocycles. The van der Waals surface area contributed by atoms with Crippen LogP contribution in [0.25, 0.3) is 0 Å². The standard InChI is InChI=1S/C11H19NO3.C6H10ClNO/c1-5-8(13)11(6-7-11)12-9(14)15-10(2,3)4;1-2-5(9)6(8-7)3-4-6/h5-7H2,1-4H3,(H,12,14);8H,2-4H2,1H3. The topological polar surface area (TPSA) is 84.5 Å². The summed E-state index contributed by atoms with van der Waals surface area (Å²) in [4.78, 5) is 36.5. The molecule has 2 aliphatic rings. The van der Waals surface area contributed by atoms with Gasteiger partial charge in [0, 0.05) is 12.8 Å². The number of rotatable bonds is 6. The van der Waals surface area contributed by atoms with Gasteiger partial charge >= 0.3 is 6.09 Å². The van der Waals surface area contributed by atoms with Gasteiger partial charge in [0.05, 0.1) is 5.54 Å². The molecule has 0 aromatic rings. The van der Waals surface area contributed by atoms with Gasteiger partial charge in [-0.2, -0.15) is 0 Å². The highest BCUT2D eigenvalue weighted by atomic mass is 35.5. The molecule has 0 atom stereocenters. The number of alkyl carbamates (subject to hydrolysis) is 1. The third kappa shape index (κ3) is 5.74. The summed E-state index contributed by atoms with van der Waals surface area (Å²) in [5.41, 5.74) is -1.46. The Balaban J connectivity index is 0.000000272. The number of ether oxygens (including phenoxy) is 1. The van der Waals surface area contributed by atoms with E-state index in [0.29, 0.717) is 12.8 Å². The number of carbonyl (C=O) groups excluding carboxylic acids is 3. The maximum atomic E-state index is 11.5. The zero-order valence-electron chi connectivity index (χ0n) is 15.3. The van der Waals surface area contributed by atoms with Crippen molar-refractivity contribution in [3.63, 3.8) is 0 Å². The summed E-state index contributed by atoms with van der Waals surface area (Å²) in [6.07, 6.45) is 3.82. The highest BCUT2D eigenvalue weighted by molar-refractivity contribution is 6.16. The zero-order chi connectivity index (χ0) is 18.6. The van der Waals surface area contributed by atoms with Gasteiger partial charge in [-0.05, 0) is 58.2 Å². The third-order valence-electron chi connectivity index (χ3n) is 4.13. The number of Topliss-reactive ketones (excluding diaryl/α,β-unsaturated/α-hetero) is 2. The van der Waals surface area contributed by atoms with E-state index in [-0.39, 0.29) is 17.1 Å². The Morgan fingerprint density at radius 3 is 1.62 bits per heavy atom. The quantitative estimate of drug-likeness (QED) is 0.710. The molecule has 0 saturated heterocycles. The molecule has 0 spiro atoms. The van der Waals surface area contributed by atoms with E-state index >= 15 is 0 Å². The van der Waals surface area contributed by atoms with E-state index in [1.165, 1.54) is 0 Å². The first-order chi connectivity index (χ1) is 11.0. The maximum absolute atomic E-state index is 11.5. The van der Waals surface area contributed by atoms with Gasteiger partial charge in [0.1, 0.15) is 11.1 Å². The number of hydrogen-bond acceptors (Lipinski definition) is 5. The van der Waals surface area contributed by atoms with Crippen LogP contribution in [0.2, 0.25) is 0 Å². The average Bonchev–Trinajstić information content (AvgIpc) is 3.39. The van der Waals surface area contributed by atoms with Crippen molar-refractivity contribution in [2.24, 2.45) is 0 Å². The Labute approximate surface area is 149 Å². The summed E-state index contributed by atoms with van der Waals surface area (Å²) in [7, 11) is 0. The molecular formula is C17H29ClN2O4. The minimum atomic E-state index is -0.614. The van der Waals surface area contributed by atoms with Gasteiger partial charge in [-0.1, -0.05) is 13.8 Å². The number of halogens is 1. The molecule has 1 amide bonds. The summed E-state index contributed by atoms with van der Waals surface area (Å²) in [5, 5.41) is 2.66. The smallest absolute Gasteiger partial charge is 0.408 e. The highest BCUT2D eigenvalue weighted by Crippen LogP contribution is 2.38. The predicted octanol–water partition coefficient (Wildman–Crippen LogP) is 3.26. The molecular weight excluding hydrogens is 332 g/mol. The van der Waals surface area contributed by atoms with Crippen molar-refractivity contribution in [2.45, 2.75) is 89.8 Å². The number of amides is 1. The fourth-order valence-corrected chi connectivity index (χ4v) is 2.62. The summed E-state index contributed by atoms with van der Waals surface area (Å²) >= 11 is 5.36. The maximum Gasteiger partial charge on any atom is 0.408 e. The second kappa shape index (κ2) is 7.83. The largest absolute Gasteiger partial charge is 0.444 e. The molecule has 0 aromatic heterocycles. The van der Waals surface area contributed by atoms with Gasteiger partial charge in [0.15, 0.2) is 11.6 Å². The fraction of sp³-hybridized carbons (Fsp3) is 0.824. The minimum Gasteiger partial charge on any atom is -0.444 e. The molecule has 2 fully saturated rings. The molecule has 0 bridgehead atoms. The van der Waals surface area contributed by atoms with Crippen LogP contribution in [0.4, 0.5) is 4.79 Å². The molecule has 0 radical (unpaired) electrons. The van der Waals surface area contributed by atoms with Crippen molar-refractivity contribution in [1.82, 2.24) is 10.2 Å². The molecule has 0 unspecified atom stereocenters. The lowest BCUT2D eigenvalue weighted by Gasteiger charge is -2.22. The Morgan fingerprint density at radius 1 is 0.958 bits per heavy atom. The molecule has 138 valence electrons. The van der Waals surface area contributed by atoms with Crippen molar-refractivity contribution in [3.8, 4) is 0 Å². The highest BCUT2D eigenvalue weighted by Gasteiger charge is 2.50. The number of ketones is 2. The first kappa shape index (κ1) is 20.9. The van der Waals surface area contributed by atoms with Crippen LogP contribution in [0.3, 0.4) is 0 Å². The molecule has 2 saturated carbocycles.